The van der Waals surface area contributed by atoms with E-state index in [0.29, 0.717) is 23.4 Å². The first kappa shape index (κ1) is 20.4. The van der Waals surface area contributed by atoms with Crippen LogP contribution in [0.4, 0.5) is 5.69 Å². The van der Waals surface area contributed by atoms with E-state index >= 15 is 0 Å². The summed E-state index contributed by atoms with van der Waals surface area (Å²) < 4.78 is 6.32. The second-order valence-corrected chi connectivity index (χ2v) is 7.67. The SMILES string of the molecule is O=C(NCC1CCCO1)c1cccc(NC(=S)NC(=O)c2cccc(Br)c2)c1. The molecule has 0 aromatic heterocycles. The summed E-state index contributed by atoms with van der Waals surface area (Å²) in [7, 11) is 0. The van der Waals surface area contributed by atoms with Crippen molar-refractivity contribution in [3.63, 3.8) is 0 Å². The van der Waals surface area contributed by atoms with E-state index < -0.39 is 0 Å². The van der Waals surface area contributed by atoms with E-state index in [1.807, 2.05) is 6.07 Å². The van der Waals surface area contributed by atoms with E-state index in [9.17, 15) is 9.59 Å². The van der Waals surface area contributed by atoms with Crippen molar-refractivity contribution in [2.24, 2.45) is 0 Å². The minimum atomic E-state index is -0.315. The Labute approximate surface area is 177 Å². The van der Waals surface area contributed by atoms with Crippen LogP contribution in [0.15, 0.2) is 53.0 Å². The molecule has 28 heavy (non-hydrogen) atoms. The molecule has 0 bridgehead atoms. The number of hydrogen-bond donors (Lipinski definition) is 3. The van der Waals surface area contributed by atoms with Crippen molar-refractivity contribution in [2.75, 3.05) is 18.5 Å². The van der Waals surface area contributed by atoms with E-state index in [4.69, 9.17) is 17.0 Å². The Hall–Kier alpha value is -2.29. The molecule has 1 saturated heterocycles. The quantitative estimate of drug-likeness (QED) is 0.593. The predicted octanol–water partition coefficient (Wildman–Crippen LogP) is 3.48. The van der Waals surface area contributed by atoms with Crippen LogP contribution >= 0.6 is 28.1 Å². The summed E-state index contributed by atoms with van der Waals surface area (Å²) in [5, 5.41) is 8.60. The number of thiocarbonyl (C=S) groups is 1. The molecule has 2 aromatic rings. The summed E-state index contributed by atoms with van der Waals surface area (Å²) in [4.78, 5) is 24.6. The number of benzene rings is 2. The monoisotopic (exact) mass is 461 g/mol. The van der Waals surface area contributed by atoms with Gasteiger partial charge in [0.2, 0.25) is 0 Å². The fourth-order valence-electron chi connectivity index (χ4n) is 2.82. The molecular weight excluding hydrogens is 442 g/mol. The first-order valence-corrected chi connectivity index (χ1v) is 10.1. The molecule has 1 aliphatic rings. The van der Waals surface area contributed by atoms with Crippen LogP contribution in [-0.2, 0) is 4.74 Å². The van der Waals surface area contributed by atoms with Gasteiger partial charge in [0.05, 0.1) is 6.10 Å². The number of hydrogen-bond acceptors (Lipinski definition) is 4. The zero-order valence-corrected chi connectivity index (χ0v) is 17.4. The second-order valence-electron chi connectivity index (χ2n) is 6.34. The number of ether oxygens (including phenoxy) is 1. The summed E-state index contributed by atoms with van der Waals surface area (Å²) in [6.45, 7) is 1.25. The van der Waals surface area contributed by atoms with Gasteiger partial charge in [0.15, 0.2) is 5.11 Å². The second kappa shape index (κ2) is 9.77. The summed E-state index contributed by atoms with van der Waals surface area (Å²) >= 11 is 8.54. The third kappa shape index (κ3) is 5.85. The van der Waals surface area contributed by atoms with Gasteiger partial charge in [-0.2, -0.15) is 0 Å². The van der Waals surface area contributed by atoms with Crippen LogP contribution in [0, 0.1) is 0 Å². The van der Waals surface area contributed by atoms with Gasteiger partial charge in [0, 0.05) is 34.4 Å². The fourth-order valence-corrected chi connectivity index (χ4v) is 3.43. The molecule has 0 spiro atoms. The maximum Gasteiger partial charge on any atom is 0.257 e. The lowest BCUT2D eigenvalue weighted by molar-refractivity contribution is 0.0857. The highest BCUT2D eigenvalue weighted by Gasteiger charge is 2.17. The van der Waals surface area contributed by atoms with Crippen LogP contribution in [0.1, 0.15) is 33.6 Å². The van der Waals surface area contributed by atoms with Gasteiger partial charge in [-0.1, -0.05) is 28.1 Å². The Morgan fingerprint density at radius 1 is 1.11 bits per heavy atom. The molecule has 2 aromatic carbocycles. The fraction of sp³-hybridized carbons (Fsp3) is 0.250. The van der Waals surface area contributed by atoms with Gasteiger partial charge in [-0.05, 0) is 61.5 Å². The average molecular weight is 462 g/mol. The lowest BCUT2D eigenvalue weighted by Crippen LogP contribution is -2.34. The molecule has 0 radical (unpaired) electrons. The van der Waals surface area contributed by atoms with Crippen molar-refractivity contribution in [3.8, 4) is 0 Å². The summed E-state index contributed by atoms with van der Waals surface area (Å²) in [5.41, 5.74) is 1.61. The van der Waals surface area contributed by atoms with Crippen LogP contribution in [0.5, 0.6) is 0 Å². The van der Waals surface area contributed by atoms with Crippen LogP contribution in [-0.4, -0.2) is 36.2 Å². The average Bonchev–Trinajstić information content (AvgIpc) is 3.20. The molecule has 146 valence electrons. The summed E-state index contributed by atoms with van der Waals surface area (Å²) in [5.74, 6) is -0.493. The number of amides is 2. The molecule has 3 rings (SSSR count). The van der Waals surface area contributed by atoms with Gasteiger partial charge < -0.3 is 15.4 Å². The lowest BCUT2D eigenvalue weighted by atomic mass is 10.1. The Morgan fingerprint density at radius 2 is 1.86 bits per heavy atom. The molecule has 0 aliphatic carbocycles. The topological polar surface area (TPSA) is 79.5 Å². The molecule has 1 heterocycles. The first-order chi connectivity index (χ1) is 13.5. The molecule has 1 aliphatic heterocycles. The molecule has 6 nitrogen and oxygen atoms in total. The van der Waals surface area contributed by atoms with E-state index in [2.05, 4.69) is 31.9 Å². The highest BCUT2D eigenvalue weighted by Crippen LogP contribution is 2.14. The van der Waals surface area contributed by atoms with Gasteiger partial charge in [-0.25, -0.2) is 0 Å². The number of anilines is 1. The van der Waals surface area contributed by atoms with Crippen molar-refractivity contribution < 1.29 is 14.3 Å². The molecule has 8 heteroatoms. The van der Waals surface area contributed by atoms with Crippen molar-refractivity contribution >= 4 is 50.8 Å². The molecular formula is C20H20BrN3O3S. The number of rotatable bonds is 5. The van der Waals surface area contributed by atoms with Crippen molar-refractivity contribution in [2.45, 2.75) is 18.9 Å². The van der Waals surface area contributed by atoms with E-state index in [1.54, 1.807) is 42.5 Å². The minimum absolute atomic E-state index is 0.0890. The first-order valence-electron chi connectivity index (χ1n) is 8.89. The molecule has 2 amide bonds. The number of nitrogens with one attached hydrogen (secondary N) is 3. The van der Waals surface area contributed by atoms with Crippen molar-refractivity contribution in [1.29, 1.82) is 0 Å². The zero-order chi connectivity index (χ0) is 19.9. The number of carbonyl (C=O) groups excluding carboxylic acids is 2. The van der Waals surface area contributed by atoms with Gasteiger partial charge in [-0.3, -0.25) is 14.9 Å². The highest BCUT2D eigenvalue weighted by molar-refractivity contribution is 9.10. The smallest absolute Gasteiger partial charge is 0.257 e. The van der Waals surface area contributed by atoms with Gasteiger partial charge in [-0.15, -0.1) is 0 Å². The standard InChI is InChI=1S/C20H20BrN3O3S/c21-15-6-1-4-13(10-15)19(26)24-20(28)23-16-7-2-5-14(11-16)18(25)22-12-17-8-3-9-27-17/h1-2,4-7,10-11,17H,3,8-9,12H2,(H,22,25)(H2,23,24,26,28). The largest absolute Gasteiger partial charge is 0.376 e. The van der Waals surface area contributed by atoms with Crippen LogP contribution < -0.4 is 16.0 Å². The lowest BCUT2D eigenvalue weighted by Gasteiger charge is -2.12. The third-order valence-electron chi connectivity index (χ3n) is 4.21. The van der Waals surface area contributed by atoms with Gasteiger partial charge in [0.1, 0.15) is 0 Å². The highest BCUT2D eigenvalue weighted by atomic mass is 79.9. The molecule has 3 N–H and O–H groups in total. The normalized spacial score (nSPS) is 15.7. The maximum absolute atomic E-state index is 12.3. The molecule has 1 unspecified atom stereocenters. The molecule has 0 saturated carbocycles. The van der Waals surface area contributed by atoms with Gasteiger partial charge >= 0.3 is 0 Å². The third-order valence-corrected chi connectivity index (χ3v) is 4.91. The molecule has 1 fully saturated rings. The van der Waals surface area contributed by atoms with E-state index in [-0.39, 0.29) is 23.0 Å². The van der Waals surface area contributed by atoms with Crippen LogP contribution in [0.25, 0.3) is 0 Å². The maximum atomic E-state index is 12.3. The summed E-state index contributed by atoms with van der Waals surface area (Å²) in [6.07, 6.45) is 2.09. The van der Waals surface area contributed by atoms with E-state index in [0.717, 1.165) is 23.9 Å². The van der Waals surface area contributed by atoms with Crippen molar-refractivity contribution in [3.05, 3.63) is 64.1 Å². The minimum Gasteiger partial charge on any atom is -0.376 e. The van der Waals surface area contributed by atoms with Crippen LogP contribution in [0.3, 0.4) is 0 Å². The Morgan fingerprint density at radius 3 is 2.57 bits per heavy atom. The van der Waals surface area contributed by atoms with Crippen LogP contribution in [0.2, 0.25) is 0 Å². The number of halogens is 1. The molecule has 1 atom stereocenters. The Bertz CT molecular complexity index is 885. The Balaban J connectivity index is 1.55. The zero-order valence-electron chi connectivity index (χ0n) is 15.0. The van der Waals surface area contributed by atoms with Crippen molar-refractivity contribution in [1.82, 2.24) is 10.6 Å². The predicted molar refractivity (Wildman–Crippen MR) is 116 cm³/mol. The Kier molecular flexibility index (Phi) is 7.13. The number of carbonyl (C=O) groups is 2. The van der Waals surface area contributed by atoms with E-state index in [1.165, 1.54) is 0 Å². The summed E-state index contributed by atoms with van der Waals surface area (Å²) in [6, 6.07) is 13.9. The van der Waals surface area contributed by atoms with Gasteiger partial charge in [0.25, 0.3) is 11.8 Å².